The first-order valence-electron chi connectivity index (χ1n) is 12.7. The smallest absolute Gasteiger partial charge is 0.371 e. The van der Waals surface area contributed by atoms with E-state index in [1.54, 1.807) is 0 Å². The topological polar surface area (TPSA) is 68.3 Å². The zero-order valence-corrected chi connectivity index (χ0v) is 20.9. The Labute approximate surface area is 194 Å². The highest BCUT2D eigenvalue weighted by molar-refractivity contribution is 5.79. The van der Waals surface area contributed by atoms with Gasteiger partial charge in [-0.2, -0.15) is 0 Å². The quantitative estimate of drug-likeness (QED) is 0.542. The van der Waals surface area contributed by atoms with Crippen LogP contribution < -0.4 is 0 Å². The maximum atomic E-state index is 13.9. The predicted octanol–water partition coefficient (Wildman–Crippen LogP) is 3.95. The number of esters is 2. The Hall–Kier alpha value is -1.18. The van der Waals surface area contributed by atoms with Crippen molar-refractivity contribution in [3.05, 3.63) is 0 Å². The van der Waals surface area contributed by atoms with E-state index < -0.39 is 11.4 Å². The summed E-state index contributed by atoms with van der Waals surface area (Å²) in [6, 6.07) is 0. The van der Waals surface area contributed by atoms with Crippen molar-refractivity contribution >= 4 is 11.9 Å². The van der Waals surface area contributed by atoms with Crippen LogP contribution in [0.5, 0.6) is 0 Å². The third-order valence-electron chi connectivity index (χ3n) is 7.04. The van der Waals surface area contributed by atoms with Crippen LogP contribution >= 0.6 is 0 Å². The second-order valence-electron chi connectivity index (χ2n) is 10.8. The van der Waals surface area contributed by atoms with Crippen molar-refractivity contribution in [1.82, 2.24) is 9.80 Å². The summed E-state index contributed by atoms with van der Waals surface area (Å²) in [5.74, 6) is -0.969. The molecule has 0 bridgehead atoms. The SMILES string of the molecule is CCOC(=O)[C@H]1CC[C@H](OC(C(=O)OC(C)(C)C)(N2CCCC2)N2CCC(C)CC2)CC1. The summed E-state index contributed by atoms with van der Waals surface area (Å²) in [6.07, 6.45) is 7.15. The van der Waals surface area contributed by atoms with Crippen LogP contribution in [-0.4, -0.2) is 72.1 Å². The molecule has 1 saturated carbocycles. The Morgan fingerprint density at radius 3 is 1.97 bits per heavy atom. The molecule has 0 aromatic heterocycles. The molecule has 32 heavy (non-hydrogen) atoms. The highest BCUT2D eigenvalue weighted by Crippen LogP contribution is 2.38. The Morgan fingerprint density at radius 2 is 1.44 bits per heavy atom. The fraction of sp³-hybridized carbons (Fsp3) is 0.920. The van der Waals surface area contributed by atoms with Crippen LogP contribution in [0.25, 0.3) is 0 Å². The Balaban J connectivity index is 1.83. The lowest BCUT2D eigenvalue weighted by atomic mass is 9.87. The molecule has 7 heteroatoms. The molecule has 184 valence electrons. The van der Waals surface area contributed by atoms with Gasteiger partial charge in [0.1, 0.15) is 5.60 Å². The average Bonchev–Trinajstić information content (AvgIpc) is 3.27. The first kappa shape index (κ1) is 25.4. The van der Waals surface area contributed by atoms with Crippen LogP contribution in [-0.2, 0) is 23.8 Å². The molecule has 7 nitrogen and oxygen atoms in total. The van der Waals surface area contributed by atoms with E-state index in [-0.39, 0.29) is 24.0 Å². The molecular formula is C25H44N2O5. The number of hydrogen-bond donors (Lipinski definition) is 0. The molecule has 1 unspecified atom stereocenters. The lowest BCUT2D eigenvalue weighted by Gasteiger charge is -2.51. The van der Waals surface area contributed by atoms with Gasteiger partial charge in [-0.1, -0.05) is 6.92 Å². The van der Waals surface area contributed by atoms with Gasteiger partial charge >= 0.3 is 11.9 Å². The summed E-state index contributed by atoms with van der Waals surface area (Å²) in [4.78, 5) is 30.5. The second kappa shape index (κ2) is 10.8. The minimum absolute atomic E-state index is 0.0617. The number of rotatable bonds is 7. The normalized spacial score (nSPS) is 28.3. The van der Waals surface area contributed by atoms with Crippen molar-refractivity contribution in [1.29, 1.82) is 0 Å². The lowest BCUT2D eigenvalue weighted by molar-refractivity contribution is -0.280. The molecule has 0 amide bonds. The Morgan fingerprint density at radius 1 is 0.875 bits per heavy atom. The van der Waals surface area contributed by atoms with Crippen molar-refractivity contribution in [2.45, 2.75) is 104 Å². The predicted molar refractivity (Wildman–Crippen MR) is 123 cm³/mol. The standard InChI is InChI=1S/C25H44N2O5/c1-6-30-22(28)20-9-11-21(12-10-20)31-25(26-15-7-8-16-26,23(29)32-24(3,4)5)27-17-13-19(2)14-18-27/h19-21H,6-18H2,1-5H3/t20-,21-,25?. The fourth-order valence-corrected chi connectivity index (χ4v) is 5.24. The van der Waals surface area contributed by atoms with Crippen LogP contribution in [0, 0.1) is 11.8 Å². The number of carbonyl (C=O) groups excluding carboxylic acids is 2. The first-order valence-corrected chi connectivity index (χ1v) is 12.7. The molecule has 1 aliphatic carbocycles. The molecule has 1 atom stereocenters. The summed E-state index contributed by atoms with van der Waals surface area (Å²) < 4.78 is 18.1. The molecule has 2 aliphatic heterocycles. The molecule has 0 N–H and O–H groups in total. The molecule has 2 heterocycles. The average molecular weight is 453 g/mol. The van der Waals surface area contributed by atoms with Crippen LogP contribution in [0.4, 0.5) is 0 Å². The Bertz CT molecular complexity index is 627. The molecule has 3 aliphatic rings. The fourth-order valence-electron chi connectivity index (χ4n) is 5.24. The van der Waals surface area contributed by atoms with Gasteiger partial charge in [0, 0.05) is 26.2 Å². The van der Waals surface area contributed by atoms with Gasteiger partial charge in [-0.05, 0) is 85.0 Å². The van der Waals surface area contributed by atoms with Crippen LogP contribution in [0.2, 0.25) is 0 Å². The number of hydrogen-bond acceptors (Lipinski definition) is 7. The minimum atomic E-state index is -1.18. The summed E-state index contributed by atoms with van der Waals surface area (Å²) in [7, 11) is 0. The number of piperidine rings is 1. The first-order chi connectivity index (χ1) is 15.2. The summed E-state index contributed by atoms with van der Waals surface area (Å²) in [5, 5.41) is 0. The van der Waals surface area contributed by atoms with Crippen molar-refractivity contribution in [3.63, 3.8) is 0 Å². The molecule has 0 aromatic rings. The van der Waals surface area contributed by atoms with E-state index in [0.29, 0.717) is 12.5 Å². The maximum Gasteiger partial charge on any atom is 0.371 e. The van der Waals surface area contributed by atoms with Gasteiger partial charge in [-0.3, -0.25) is 14.6 Å². The van der Waals surface area contributed by atoms with E-state index in [1.807, 2.05) is 27.7 Å². The van der Waals surface area contributed by atoms with Gasteiger partial charge < -0.3 is 14.2 Å². The molecule has 0 aromatic carbocycles. The molecular weight excluding hydrogens is 408 g/mol. The van der Waals surface area contributed by atoms with Gasteiger partial charge in [0.25, 0.3) is 5.85 Å². The molecule has 3 fully saturated rings. The summed E-state index contributed by atoms with van der Waals surface area (Å²) >= 11 is 0. The van der Waals surface area contributed by atoms with E-state index in [9.17, 15) is 9.59 Å². The van der Waals surface area contributed by atoms with E-state index in [2.05, 4.69) is 16.7 Å². The second-order valence-corrected chi connectivity index (χ2v) is 10.8. The largest absolute Gasteiger partial charge is 0.466 e. The zero-order valence-electron chi connectivity index (χ0n) is 20.9. The van der Waals surface area contributed by atoms with Gasteiger partial charge in [0.15, 0.2) is 0 Å². The van der Waals surface area contributed by atoms with E-state index >= 15 is 0 Å². The van der Waals surface area contributed by atoms with E-state index in [4.69, 9.17) is 14.2 Å². The van der Waals surface area contributed by atoms with Gasteiger partial charge in [0.2, 0.25) is 0 Å². The summed E-state index contributed by atoms with van der Waals surface area (Å²) in [5.41, 5.74) is -0.587. The molecule has 3 rings (SSSR count). The maximum absolute atomic E-state index is 13.9. The van der Waals surface area contributed by atoms with Gasteiger partial charge in [0.05, 0.1) is 18.6 Å². The van der Waals surface area contributed by atoms with Crippen LogP contribution in [0.1, 0.15) is 86.0 Å². The number of carbonyl (C=O) groups is 2. The number of ether oxygens (including phenoxy) is 3. The van der Waals surface area contributed by atoms with Crippen LogP contribution in [0.3, 0.4) is 0 Å². The van der Waals surface area contributed by atoms with Gasteiger partial charge in [-0.15, -0.1) is 0 Å². The third kappa shape index (κ3) is 6.03. The van der Waals surface area contributed by atoms with Crippen LogP contribution in [0.15, 0.2) is 0 Å². The highest BCUT2D eigenvalue weighted by atomic mass is 16.6. The number of nitrogens with zero attached hydrogens (tertiary/aromatic N) is 2. The highest BCUT2D eigenvalue weighted by Gasteiger charge is 2.55. The Kier molecular flexibility index (Phi) is 8.61. The molecule has 0 spiro atoms. The molecule has 2 saturated heterocycles. The van der Waals surface area contributed by atoms with Crippen molar-refractivity contribution < 1.29 is 23.8 Å². The van der Waals surface area contributed by atoms with Gasteiger partial charge in [-0.25, -0.2) is 4.79 Å². The third-order valence-corrected chi connectivity index (χ3v) is 7.04. The van der Waals surface area contributed by atoms with Crippen molar-refractivity contribution in [2.75, 3.05) is 32.8 Å². The lowest BCUT2D eigenvalue weighted by Crippen LogP contribution is -2.69. The van der Waals surface area contributed by atoms with E-state index in [0.717, 1.165) is 77.5 Å². The molecule has 0 radical (unpaired) electrons. The van der Waals surface area contributed by atoms with Crippen molar-refractivity contribution in [2.24, 2.45) is 11.8 Å². The monoisotopic (exact) mass is 452 g/mol. The minimum Gasteiger partial charge on any atom is -0.466 e. The summed E-state index contributed by atoms with van der Waals surface area (Å²) in [6.45, 7) is 13.6. The van der Waals surface area contributed by atoms with Crippen molar-refractivity contribution in [3.8, 4) is 0 Å². The van der Waals surface area contributed by atoms with E-state index in [1.165, 1.54) is 0 Å². The number of likely N-dealkylation sites (tertiary alicyclic amines) is 2. The zero-order chi connectivity index (χ0) is 23.4.